The first-order valence-electron chi connectivity index (χ1n) is 10.9. The van der Waals surface area contributed by atoms with Crippen molar-refractivity contribution in [2.45, 2.75) is 58.4 Å². The molecule has 0 saturated heterocycles. The van der Waals surface area contributed by atoms with Crippen LogP contribution in [0.3, 0.4) is 0 Å². The van der Waals surface area contributed by atoms with Crippen LogP contribution in [0, 0.1) is 18.8 Å². The lowest BCUT2D eigenvalue weighted by molar-refractivity contribution is -0.132. The molecule has 0 aliphatic heterocycles. The fraction of sp³-hybridized carbons (Fsp3) is 0.636. The van der Waals surface area contributed by atoms with Crippen LogP contribution in [-0.4, -0.2) is 66.9 Å². The van der Waals surface area contributed by atoms with Gasteiger partial charge in [-0.2, -0.15) is 0 Å². The Balaban J connectivity index is 2.11. The van der Waals surface area contributed by atoms with Crippen LogP contribution in [0.25, 0.3) is 0 Å². The summed E-state index contributed by atoms with van der Waals surface area (Å²) in [5.41, 5.74) is 2.98. The van der Waals surface area contributed by atoms with Crippen LogP contribution in [0.15, 0.2) is 6.07 Å². The fourth-order valence-corrected chi connectivity index (χ4v) is 4.22. The number of nitrogens with one attached hydrogen (secondary N) is 2. The lowest BCUT2D eigenvalue weighted by Crippen LogP contribution is -2.56. The molecule has 0 bridgehead atoms. The molecule has 0 radical (unpaired) electrons. The predicted molar refractivity (Wildman–Crippen MR) is 120 cm³/mol. The average molecular weight is 450 g/mol. The Hall–Kier alpha value is -2.30. The van der Waals surface area contributed by atoms with E-state index in [4.69, 9.17) is 9.47 Å². The van der Waals surface area contributed by atoms with Crippen molar-refractivity contribution in [2.75, 3.05) is 20.8 Å². The summed E-state index contributed by atoms with van der Waals surface area (Å²) in [5, 5.41) is 33.8. The van der Waals surface area contributed by atoms with Gasteiger partial charge in [-0.15, -0.1) is 0 Å². The molecule has 2 amide bonds. The largest absolute Gasteiger partial charge is 0.493 e. The highest BCUT2D eigenvalue weighted by Crippen LogP contribution is 2.41. The van der Waals surface area contributed by atoms with Crippen molar-refractivity contribution in [1.29, 1.82) is 0 Å². The van der Waals surface area contributed by atoms with E-state index in [1.807, 2.05) is 26.8 Å². The highest BCUT2D eigenvalue weighted by molar-refractivity contribution is 6.43. The van der Waals surface area contributed by atoms with Crippen LogP contribution in [0.2, 0.25) is 0 Å². The fourth-order valence-electron chi connectivity index (χ4n) is 4.22. The van der Waals surface area contributed by atoms with Gasteiger partial charge in [-0.3, -0.25) is 9.59 Å². The average Bonchev–Trinajstić information content (AvgIpc) is 2.74. The van der Waals surface area contributed by atoms with E-state index >= 15 is 0 Å². The molecule has 1 aliphatic carbocycles. The van der Waals surface area contributed by atoms with Crippen LogP contribution in [0.1, 0.15) is 43.4 Å². The van der Waals surface area contributed by atoms with Crippen LogP contribution in [-0.2, 0) is 22.4 Å². The topological polar surface area (TPSA) is 137 Å². The van der Waals surface area contributed by atoms with Crippen molar-refractivity contribution in [3.63, 3.8) is 0 Å². The molecule has 2 rings (SSSR count). The van der Waals surface area contributed by atoms with Gasteiger partial charge in [-0.25, -0.2) is 0 Å². The molecule has 9 nitrogen and oxygen atoms in total. The molecule has 1 unspecified atom stereocenters. The molecule has 0 heterocycles. The van der Waals surface area contributed by atoms with Crippen LogP contribution in [0.5, 0.6) is 11.5 Å². The summed E-state index contributed by atoms with van der Waals surface area (Å²) in [4.78, 5) is 25.5. The van der Waals surface area contributed by atoms with Crippen molar-refractivity contribution in [3.8, 4) is 11.5 Å². The number of carbonyl (C=O) groups excluding carboxylic acids is 2. The summed E-state index contributed by atoms with van der Waals surface area (Å²) in [6, 6.07) is 0.857. The standard InChI is InChI=1S/C22H35BN2O7/c1-12(2)8-18(23(29)30)25-22(28)17(11-26)24-21(27)15-7-6-14-9-13(3)19(31-4)20(32-5)16(14)10-15/h9,12,15,17-18,26,29-30H,6-8,10-11H2,1-5H3,(H,24,27)(H,25,28)/t15?,17-,18-/m0/s1. The molecule has 0 spiro atoms. The first kappa shape index (κ1) is 26.0. The van der Waals surface area contributed by atoms with Gasteiger partial charge in [0.05, 0.1) is 26.8 Å². The Morgan fingerprint density at radius 1 is 1.19 bits per heavy atom. The van der Waals surface area contributed by atoms with Gasteiger partial charge in [0.15, 0.2) is 11.5 Å². The van der Waals surface area contributed by atoms with E-state index in [1.54, 1.807) is 14.2 Å². The Labute approximate surface area is 189 Å². The van der Waals surface area contributed by atoms with Gasteiger partial charge >= 0.3 is 7.12 Å². The number of aliphatic hydroxyl groups excluding tert-OH is 1. The molecule has 178 valence electrons. The second-order valence-electron chi connectivity index (χ2n) is 8.74. The first-order chi connectivity index (χ1) is 15.1. The number of ether oxygens (including phenoxy) is 2. The Kier molecular flexibility index (Phi) is 9.36. The number of hydrogen-bond acceptors (Lipinski definition) is 7. The minimum atomic E-state index is -1.74. The molecule has 0 aromatic heterocycles. The molecule has 1 aromatic rings. The number of fused-ring (bicyclic) bond motifs is 1. The number of amides is 2. The van der Waals surface area contributed by atoms with Crippen LogP contribution >= 0.6 is 0 Å². The summed E-state index contributed by atoms with van der Waals surface area (Å²) in [6.45, 7) is 5.12. The zero-order chi connectivity index (χ0) is 24.0. The lowest BCUT2D eigenvalue weighted by Gasteiger charge is -2.29. The number of methoxy groups -OCH3 is 2. The molecule has 0 saturated carbocycles. The second kappa shape index (κ2) is 11.5. The monoisotopic (exact) mass is 450 g/mol. The zero-order valence-corrected chi connectivity index (χ0v) is 19.5. The summed E-state index contributed by atoms with van der Waals surface area (Å²) in [6.07, 6.45) is 2.04. The maximum atomic E-state index is 12.9. The number of carbonyl (C=O) groups is 2. The van der Waals surface area contributed by atoms with E-state index < -0.39 is 37.5 Å². The third-order valence-electron chi connectivity index (χ3n) is 5.84. The van der Waals surface area contributed by atoms with E-state index in [0.29, 0.717) is 37.2 Å². The number of benzene rings is 1. The minimum absolute atomic E-state index is 0.113. The zero-order valence-electron chi connectivity index (χ0n) is 19.5. The third-order valence-corrected chi connectivity index (χ3v) is 5.84. The van der Waals surface area contributed by atoms with Crippen molar-refractivity contribution in [1.82, 2.24) is 10.6 Å². The van der Waals surface area contributed by atoms with Crippen LogP contribution in [0.4, 0.5) is 0 Å². The predicted octanol–water partition coefficient (Wildman–Crippen LogP) is 0.137. The Morgan fingerprint density at radius 2 is 1.84 bits per heavy atom. The van der Waals surface area contributed by atoms with Gasteiger partial charge in [-0.1, -0.05) is 19.9 Å². The van der Waals surface area contributed by atoms with Gasteiger partial charge in [0.2, 0.25) is 11.8 Å². The van der Waals surface area contributed by atoms with E-state index in [9.17, 15) is 24.7 Å². The highest BCUT2D eigenvalue weighted by atomic mass is 16.5. The summed E-state index contributed by atoms with van der Waals surface area (Å²) in [7, 11) is 1.40. The third kappa shape index (κ3) is 6.14. The molecule has 0 fully saturated rings. The first-order valence-corrected chi connectivity index (χ1v) is 10.9. The molecule has 5 N–H and O–H groups in total. The second-order valence-corrected chi connectivity index (χ2v) is 8.74. The number of aryl methyl sites for hydroxylation is 2. The lowest BCUT2D eigenvalue weighted by atomic mass is 9.75. The minimum Gasteiger partial charge on any atom is -0.493 e. The molecule has 3 atom stereocenters. The van der Waals surface area contributed by atoms with Crippen molar-refractivity contribution in [2.24, 2.45) is 11.8 Å². The molecule has 1 aromatic carbocycles. The van der Waals surface area contributed by atoms with Gasteiger partial charge in [0.25, 0.3) is 0 Å². The smallest absolute Gasteiger partial charge is 0.475 e. The number of rotatable bonds is 10. The number of hydrogen-bond donors (Lipinski definition) is 5. The van der Waals surface area contributed by atoms with Gasteiger partial charge in [0, 0.05) is 11.5 Å². The summed E-state index contributed by atoms with van der Waals surface area (Å²) in [5.74, 6) is -0.941. The van der Waals surface area contributed by atoms with Crippen molar-refractivity contribution < 1.29 is 34.2 Å². The van der Waals surface area contributed by atoms with Gasteiger partial charge < -0.3 is 35.3 Å². The summed E-state index contributed by atoms with van der Waals surface area (Å²) < 4.78 is 11.0. The van der Waals surface area contributed by atoms with E-state index in [-0.39, 0.29) is 11.8 Å². The van der Waals surface area contributed by atoms with E-state index in [2.05, 4.69) is 10.6 Å². The normalized spacial score (nSPS) is 17.2. The highest BCUT2D eigenvalue weighted by Gasteiger charge is 2.33. The molecule has 1 aliphatic rings. The Morgan fingerprint density at radius 3 is 2.38 bits per heavy atom. The van der Waals surface area contributed by atoms with Crippen molar-refractivity contribution in [3.05, 3.63) is 22.8 Å². The molecular formula is C22H35BN2O7. The van der Waals surface area contributed by atoms with Crippen molar-refractivity contribution >= 4 is 18.9 Å². The quantitative estimate of drug-likeness (QED) is 0.320. The maximum Gasteiger partial charge on any atom is 0.475 e. The van der Waals surface area contributed by atoms with E-state index in [0.717, 1.165) is 16.7 Å². The number of aliphatic hydroxyl groups is 1. The SMILES string of the molecule is COc1c(C)cc2c(c1OC)CC(C(=O)N[C@@H](CO)C(=O)N[C@@H](CC(C)C)B(O)O)CC2. The molecule has 32 heavy (non-hydrogen) atoms. The summed E-state index contributed by atoms with van der Waals surface area (Å²) >= 11 is 0. The van der Waals surface area contributed by atoms with E-state index in [1.165, 1.54) is 0 Å². The maximum absolute atomic E-state index is 12.9. The Bertz CT molecular complexity index is 816. The van der Waals surface area contributed by atoms with Gasteiger partial charge in [0.1, 0.15) is 6.04 Å². The molecular weight excluding hydrogens is 415 g/mol. The van der Waals surface area contributed by atoms with Gasteiger partial charge in [-0.05, 0) is 49.7 Å². The molecule has 10 heteroatoms. The van der Waals surface area contributed by atoms with Crippen LogP contribution < -0.4 is 20.1 Å².